The van der Waals surface area contributed by atoms with Crippen LogP contribution < -0.4 is 4.57 Å². The molecule has 0 bridgehead atoms. The maximum Gasteiger partial charge on any atom is 0.333 e. The van der Waals surface area contributed by atoms with Gasteiger partial charge in [-0.15, -0.1) is 0 Å². The SMILES string of the molecule is C=C(C)C(=O)OCCCC(=O)OCCn1cc[n+](CCOC(=O)CCCOC(=O)C(=C)C)c1. The monoisotopic (exact) mass is 465 g/mol. The third-order valence-electron chi connectivity index (χ3n) is 4.19. The van der Waals surface area contributed by atoms with Crippen molar-refractivity contribution in [1.82, 2.24) is 4.57 Å². The number of imidazole rings is 1. The fourth-order valence-electron chi connectivity index (χ4n) is 2.39. The van der Waals surface area contributed by atoms with Crippen molar-refractivity contribution in [1.29, 1.82) is 0 Å². The van der Waals surface area contributed by atoms with Crippen LogP contribution in [0.25, 0.3) is 0 Å². The second-order valence-corrected chi connectivity index (χ2v) is 7.37. The molecule has 0 aliphatic heterocycles. The molecule has 1 rings (SSSR count). The molecule has 0 aromatic carbocycles. The van der Waals surface area contributed by atoms with Crippen LogP contribution in [0.1, 0.15) is 39.5 Å². The minimum atomic E-state index is -0.472. The summed E-state index contributed by atoms with van der Waals surface area (Å²) in [5.74, 6) is -1.66. The van der Waals surface area contributed by atoms with E-state index in [2.05, 4.69) is 13.2 Å². The lowest BCUT2D eigenvalue weighted by molar-refractivity contribution is -0.697. The van der Waals surface area contributed by atoms with Crippen molar-refractivity contribution in [2.75, 3.05) is 26.4 Å². The summed E-state index contributed by atoms with van der Waals surface area (Å²) in [6.45, 7) is 11.7. The van der Waals surface area contributed by atoms with Gasteiger partial charge in [-0.2, -0.15) is 0 Å². The lowest BCUT2D eigenvalue weighted by atomic mass is 10.3. The van der Waals surface area contributed by atoms with Crippen molar-refractivity contribution >= 4 is 23.9 Å². The van der Waals surface area contributed by atoms with E-state index in [9.17, 15) is 19.2 Å². The topological polar surface area (TPSA) is 114 Å². The van der Waals surface area contributed by atoms with Gasteiger partial charge in [0.25, 0.3) is 0 Å². The number of hydrogen-bond acceptors (Lipinski definition) is 8. The molecular formula is C23H33N2O8+. The van der Waals surface area contributed by atoms with Gasteiger partial charge in [0.05, 0.1) is 13.2 Å². The predicted octanol–water partition coefficient (Wildman–Crippen LogP) is 1.66. The van der Waals surface area contributed by atoms with Crippen molar-refractivity contribution < 1.29 is 42.7 Å². The maximum atomic E-state index is 11.7. The minimum Gasteiger partial charge on any atom is -0.462 e. The Morgan fingerprint density at radius 1 is 0.788 bits per heavy atom. The summed E-state index contributed by atoms with van der Waals surface area (Å²) in [6.07, 6.45) is 6.56. The normalized spacial score (nSPS) is 10.2. The highest BCUT2D eigenvalue weighted by molar-refractivity contribution is 5.87. The molecule has 0 saturated heterocycles. The number of carbonyl (C=O) groups is 4. The van der Waals surface area contributed by atoms with Crippen LogP contribution in [0.3, 0.4) is 0 Å². The smallest absolute Gasteiger partial charge is 0.333 e. The van der Waals surface area contributed by atoms with Crippen LogP contribution >= 0.6 is 0 Å². The maximum absolute atomic E-state index is 11.7. The zero-order valence-electron chi connectivity index (χ0n) is 19.4. The van der Waals surface area contributed by atoms with Crippen LogP contribution in [0, 0.1) is 0 Å². The molecular weight excluding hydrogens is 432 g/mol. The predicted molar refractivity (Wildman–Crippen MR) is 117 cm³/mol. The molecule has 0 spiro atoms. The number of ether oxygens (including phenoxy) is 4. The summed E-state index contributed by atoms with van der Waals surface area (Å²) >= 11 is 0. The highest BCUT2D eigenvalue weighted by Crippen LogP contribution is 1.99. The van der Waals surface area contributed by atoms with Crippen LogP contribution in [0.2, 0.25) is 0 Å². The average Bonchev–Trinajstić information content (AvgIpc) is 3.21. The van der Waals surface area contributed by atoms with E-state index in [1.165, 1.54) is 0 Å². The van der Waals surface area contributed by atoms with E-state index in [1.807, 2.05) is 27.9 Å². The number of aromatic nitrogens is 2. The molecule has 1 aromatic heterocycles. The fraction of sp³-hybridized carbons (Fsp3) is 0.522. The Labute approximate surface area is 193 Å². The molecule has 0 N–H and O–H groups in total. The van der Waals surface area contributed by atoms with E-state index in [-0.39, 0.29) is 51.2 Å². The highest BCUT2D eigenvalue weighted by atomic mass is 16.5. The van der Waals surface area contributed by atoms with Gasteiger partial charge in [-0.05, 0) is 26.7 Å². The van der Waals surface area contributed by atoms with E-state index < -0.39 is 11.9 Å². The summed E-state index contributed by atoms with van der Waals surface area (Å²) in [5.41, 5.74) is 0.636. The van der Waals surface area contributed by atoms with Crippen molar-refractivity contribution in [2.45, 2.75) is 52.6 Å². The van der Waals surface area contributed by atoms with E-state index in [4.69, 9.17) is 18.9 Å². The van der Waals surface area contributed by atoms with E-state index >= 15 is 0 Å². The molecule has 10 heteroatoms. The van der Waals surface area contributed by atoms with Gasteiger partial charge in [-0.1, -0.05) is 13.2 Å². The fourth-order valence-corrected chi connectivity index (χ4v) is 2.39. The molecule has 0 aliphatic carbocycles. The summed E-state index contributed by atoms with van der Waals surface area (Å²) in [7, 11) is 0. The van der Waals surface area contributed by atoms with Crippen molar-refractivity contribution in [3.05, 3.63) is 43.0 Å². The van der Waals surface area contributed by atoms with Crippen LogP contribution in [-0.4, -0.2) is 54.9 Å². The lowest BCUT2D eigenvalue weighted by Gasteiger charge is -2.05. The van der Waals surface area contributed by atoms with Crippen molar-refractivity contribution in [3.8, 4) is 0 Å². The van der Waals surface area contributed by atoms with Crippen molar-refractivity contribution in [2.24, 2.45) is 0 Å². The molecule has 0 radical (unpaired) electrons. The van der Waals surface area contributed by atoms with Crippen LogP contribution in [0.15, 0.2) is 43.0 Å². The van der Waals surface area contributed by atoms with Gasteiger partial charge in [-0.25, -0.2) is 18.7 Å². The van der Waals surface area contributed by atoms with Crippen molar-refractivity contribution in [3.63, 3.8) is 0 Å². The first kappa shape index (κ1) is 27.6. The molecule has 0 saturated carbocycles. The van der Waals surface area contributed by atoms with Gasteiger partial charge in [0, 0.05) is 24.0 Å². The number of esters is 4. The Bertz CT molecular complexity index is 777. The highest BCUT2D eigenvalue weighted by Gasteiger charge is 2.10. The van der Waals surface area contributed by atoms with Gasteiger partial charge in [0.2, 0.25) is 6.33 Å². The lowest BCUT2D eigenvalue weighted by Crippen LogP contribution is -2.34. The van der Waals surface area contributed by atoms with Gasteiger partial charge in [0.15, 0.2) is 0 Å². The first-order valence-electron chi connectivity index (χ1n) is 10.7. The number of hydrogen-bond donors (Lipinski definition) is 0. The first-order chi connectivity index (χ1) is 15.7. The Morgan fingerprint density at radius 2 is 1.30 bits per heavy atom. The number of nitrogens with zero attached hydrogens (tertiary/aromatic N) is 2. The van der Waals surface area contributed by atoms with Crippen LogP contribution in [-0.2, 0) is 51.2 Å². The molecule has 1 heterocycles. The molecule has 33 heavy (non-hydrogen) atoms. The molecule has 0 amide bonds. The Balaban J connectivity index is 2.11. The summed E-state index contributed by atoms with van der Waals surface area (Å²) in [4.78, 5) is 45.9. The standard InChI is InChI=1S/C23H33N2O8/c1-18(2)22(28)32-13-5-7-20(26)30-15-11-24-9-10-25(17-24)12-16-31-21(27)8-6-14-33-23(29)19(3)4/h9-10,17H,1,3,5-8,11-16H2,2,4H3/q+1. The van der Waals surface area contributed by atoms with E-state index in [0.29, 0.717) is 37.1 Å². The average molecular weight is 466 g/mol. The molecule has 182 valence electrons. The number of carbonyl (C=O) groups excluding carboxylic acids is 4. The largest absolute Gasteiger partial charge is 0.462 e. The Morgan fingerprint density at radius 3 is 1.82 bits per heavy atom. The zero-order valence-corrected chi connectivity index (χ0v) is 19.4. The first-order valence-corrected chi connectivity index (χ1v) is 10.7. The molecule has 0 fully saturated rings. The molecule has 0 unspecified atom stereocenters. The van der Waals surface area contributed by atoms with Gasteiger partial charge < -0.3 is 18.9 Å². The summed E-state index contributed by atoms with van der Waals surface area (Å²) < 4.78 is 23.8. The molecule has 1 aromatic rings. The van der Waals surface area contributed by atoms with Gasteiger partial charge in [0.1, 0.15) is 38.7 Å². The van der Waals surface area contributed by atoms with Gasteiger partial charge >= 0.3 is 23.9 Å². The molecule has 10 nitrogen and oxygen atoms in total. The number of rotatable bonds is 16. The molecule has 0 atom stereocenters. The third kappa shape index (κ3) is 12.9. The summed E-state index contributed by atoms with van der Waals surface area (Å²) in [5, 5.41) is 0. The molecule has 0 aliphatic rings. The van der Waals surface area contributed by atoms with Gasteiger partial charge in [-0.3, -0.25) is 9.59 Å². The zero-order chi connectivity index (χ0) is 24.6. The Hall–Kier alpha value is -3.43. The second kappa shape index (κ2) is 15.4. The van der Waals surface area contributed by atoms with Crippen LogP contribution in [0.5, 0.6) is 0 Å². The van der Waals surface area contributed by atoms with E-state index in [1.54, 1.807) is 13.8 Å². The minimum absolute atomic E-state index is 0.144. The second-order valence-electron chi connectivity index (χ2n) is 7.37. The summed E-state index contributed by atoms with van der Waals surface area (Å²) in [6, 6.07) is 0. The quantitative estimate of drug-likeness (QED) is 0.119. The van der Waals surface area contributed by atoms with Crippen LogP contribution in [0.4, 0.5) is 0 Å². The van der Waals surface area contributed by atoms with E-state index in [0.717, 1.165) is 0 Å². The Kier molecular flexibility index (Phi) is 12.9. The third-order valence-corrected chi connectivity index (χ3v) is 4.19.